The van der Waals surface area contributed by atoms with Crippen molar-refractivity contribution < 1.29 is 19.1 Å². The standard InChI is InChI=1S/C21H28N2O4/c1-14(2)17-9-7-16(8-10-17)13-27-18(24)12-23-19(25)21(22-20(23)26)11-5-4-6-15(21)3/h7-10,14-15H,4-6,11-13H2,1-3H3,(H,22,26)/t15-,21-/m1/s1. The zero-order chi connectivity index (χ0) is 19.6. The second-order valence-electron chi connectivity index (χ2n) is 8.00. The van der Waals surface area contributed by atoms with Crippen LogP contribution in [-0.4, -0.2) is 34.9 Å². The molecule has 0 aromatic heterocycles. The summed E-state index contributed by atoms with van der Waals surface area (Å²) in [6.07, 6.45) is 3.49. The molecule has 146 valence electrons. The van der Waals surface area contributed by atoms with Crippen LogP contribution in [-0.2, 0) is 20.9 Å². The third-order valence-electron chi connectivity index (χ3n) is 5.83. The van der Waals surface area contributed by atoms with E-state index >= 15 is 0 Å². The molecule has 1 saturated heterocycles. The highest BCUT2D eigenvalue weighted by Gasteiger charge is 2.55. The first-order valence-corrected chi connectivity index (χ1v) is 9.72. The smallest absolute Gasteiger partial charge is 0.326 e. The Morgan fingerprint density at radius 3 is 2.59 bits per heavy atom. The van der Waals surface area contributed by atoms with Gasteiger partial charge in [0, 0.05) is 0 Å². The van der Waals surface area contributed by atoms with Crippen LogP contribution in [0.4, 0.5) is 4.79 Å². The van der Waals surface area contributed by atoms with Crippen molar-refractivity contribution >= 4 is 17.9 Å². The van der Waals surface area contributed by atoms with Gasteiger partial charge in [-0.3, -0.25) is 14.5 Å². The molecule has 0 unspecified atom stereocenters. The lowest BCUT2D eigenvalue weighted by atomic mass is 9.73. The Balaban J connectivity index is 1.57. The predicted octanol–water partition coefficient (Wildman–Crippen LogP) is 3.35. The summed E-state index contributed by atoms with van der Waals surface area (Å²) in [6, 6.07) is 7.38. The monoisotopic (exact) mass is 372 g/mol. The largest absolute Gasteiger partial charge is 0.459 e. The lowest BCUT2D eigenvalue weighted by Crippen LogP contribution is -2.54. The van der Waals surface area contributed by atoms with Crippen LogP contribution < -0.4 is 5.32 Å². The number of hydrogen-bond donors (Lipinski definition) is 1. The van der Waals surface area contributed by atoms with Gasteiger partial charge in [-0.2, -0.15) is 0 Å². The van der Waals surface area contributed by atoms with Gasteiger partial charge in [-0.25, -0.2) is 4.79 Å². The number of benzene rings is 1. The number of nitrogens with one attached hydrogen (secondary N) is 1. The normalized spacial score (nSPS) is 25.2. The molecule has 1 spiro atoms. The molecule has 1 N–H and O–H groups in total. The molecule has 1 aliphatic carbocycles. The van der Waals surface area contributed by atoms with Gasteiger partial charge >= 0.3 is 12.0 Å². The van der Waals surface area contributed by atoms with E-state index in [1.165, 1.54) is 5.56 Å². The summed E-state index contributed by atoms with van der Waals surface area (Å²) in [4.78, 5) is 38.4. The van der Waals surface area contributed by atoms with Crippen molar-refractivity contribution in [2.75, 3.05) is 6.54 Å². The molecule has 1 aliphatic heterocycles. The number of nitrogens with zero attached hydrogens (tertiary/aromatic N) is 1. The van der Waals surface area contributed by atoms with Crippen molar-refractivity contribution in [3.63, 3.8) is 0 Å². The molecule has 3 amide bonds. The van der Waals surface area contributed by atoms with Crippen molar-refractivity contribution in [3.05, 3.63) is 35.4 Å². The predicted molar refractivity (Wildman–Crippen MR) is 101 cm³/mol. The zero-order valence-corrected chi connectivity index (χ0v) is 16.3. The highest BCUT2D eigenvalue weighted by Crippen LogP contribution is 2.38. The van der Waals surface area contributed by atoms with Gasteiger partial charge in [0.05, 0.1) is 0 Å². The molecule has 3 rings (SSSR count). The lowest BCUT2D eigenvalue weighted by Gasteiger charge is -2.36. The summed E-state index contributed by atoms with van der Waals surface area (Å²) in [6.45, 7) is 6.01. The van der Waals surface area contributed by atoms with Crippen LogP contribution in [0.25, 0.3) is 0 Å². The molecular formula is C21H28N2O4. The van der Waals surface area contributed by atoms with Gasteiger partial charge in [-0.1, -0.05) is 57.9 Å². The number of urea groups is 1. The van der Waals surface area contributed by atoms with Crippen molar-refractivity contribution in [1.29, 1.82) is 0 Å². The molecule has 0 bridgehead atoms. The maximum absolute atomic E-state index is 12.8. The number of esters is 1. The fraction of sp³-hybridized carbons (Fsp3) is 0.571. The van der Waals surface area contributed by atoms with Gasteiger partial charge in [-0.05, 0) is 35.8 Å². The second kappa shape index (κ2) is 7.71. The number of amides is 3. The third kappa shape index (κ3) is 3.84. The first-order chi connectivity index (χ1) is 12.8. The second-order valence-corrected chi connectivity index (χ2v) is 8.00. The Morgan fingerprint density at radius 2 is 1.96 bits per heavy atom. The Morgan fingerprint density at radius 1 is 1.26 bits per heavy atom. The number of carbonyl (C=O) groups excluding carboxylic acids is 3. The van der Waals surface area contributed by atoms with Crippen molar-refractivity contribution in [2.24, 2.45) is 5.92 Å². The van der Waals surface area contributed by atoms with Gasteiger partial charge in [0.1, 0.15) is 18.7 Å². The Kier molecular flexibility index (Phi) is 5.53. The van der Waals surface area contributed by atoms with Crippen LogP contribution in [0.1, 0.15) is 63.5 Å². The SMILES string of the molecule is CC(C)c1ccc(COC(=O)CN2C(=O)N[C@@]3(CCCC[C@H]3C)C2=O)cc1. The van der Waals surface area contributed by atoms with Crippen LogP contribution in [0, 0.1) is 5.92 Å². The summed E-state index contributed by atoms with van der Waals surface area (Å²) in [5, 5.41) is 2.84. The van der Waals surface area contributed by atoms with E-state index in [9.17, 15) is 14.4 Å². The van der Waals surface area contributed by atoms with Crippen molar-refractivity contribution in [3.8, 4) is 0 Å². The van der Waals surface area contributed by atoms with Gasteiger partial charge in [0.15, 0.2) is 0 Å². The van der Waals surface area contributed by atoms with E-state index in [1.807, 2.05) is 31.2 Å². The highest BCUT2D eigenvalue weighted by molar-refractivity contribution is 6.08. The molecule has 0 radical (unpaired) electrons. The lowest BCUT2D eigenvalue weighted by molar-refractivity contribution is -0.149. The van der Waals surface area contributed by atoms with Gasteiger partial charge in [-0.15, -0.1) is 0 Å². The number of imide groups is 1. The molecule has 6 heteroatoms. The quantitative estimate of drug-likeness (QED) is 0.635. The van der Waals surface area contributed by atoms with Crippen LogP contribution in [0.5, 0.6) is 0 Å². The summed E-state index contributed by atoms with van der Waals surface area (Å²) in [7, 11) is 0. The Labute approximate surface area is 160 Å². The Hall–Kier alpha value is -2.37. The molecular weight excluding hydrogens is 344 g/mol. The fourth-order valence-corrected chi connectivity index (χ4v) is 3.98. The van der Waals surface area contributed by atoms with Crippen LogP contribution >= 0.6 is 0 Å². The summed E-state index contributed by atoms with van der Waals surface area (Å²) >= 11 is 0. The van der Waals surface area contributed by atoms with E-state index in [0.29, 0.717) is 12.3 Å². The van der Waals surface area contributed by atoms with Crippen molar-refractivity contribution in [2.45, 2.75) is 64.5 Å². The summed E-state index contributed by atoms with van der Waals surface area (Å²) in [5.41, 5.74) is 1.25. The minimum Gasteiger partial charge on any atom is -0.459 e. The van der Waals surface area contributed by atoms with E-state index in [2.05, 4.69) is 19.2 Å². The van der Waals surface area contributed by atoms with E-state index in [1.54, 1.807) is 0 Å². The number of ether oxygens (including phenoxy) is 1. The van der Waals surface area contributed by atoms with Crippen molar-refractivity contribution in [1.82, 2.24) is 10.2 Å². The average Bonchev–Trinajstić information content (AvgIpc) is 2.88. The molecule has 1 saturated carbocycles. The maximum Gasteiger partial charge on any atom is 0.326 e. The van der Waals surface area contributed by atoms with E-state index in [0.717, 1.165) is 29.7 Å². The molecule has 1 aromatic carbocycles. The molecule has 27 heavy (non-hydrogen) atoms. The zero-order valence-electron chi connectivity index (χ0n) is 16.3. The molecule has 2 fully saturated rings. The van der Waals surface area contributed by atoms with E-state index in [-0.39, 0.29) is 25.0 Å². The average molecular weight is 372 g/mol. The Bertz CT molecular complexity index is 728. The van der Waals surface area contributed by atoms with E-state index in [4.69, 9.17) is 4.74 Å². The van der Waals surface area contributed by atoms with Gasteiger partial charge in [0.2, 0.25) is 0 Å². The molecule has 1 heterocycles. The molecule has 2 atom stereocenters. The van der Waals surface area contributed by atoms with Crippen LogP contribution in [0.2, 0.25) is 0 Å². The highest BCUT2D eigenvalue weighted by atomic mass is 16.5. The molecule has 1 aromatic rings. The molecule has 2 aliphatic rings. The van der Waals surface area contributed by atoms with Gasteiger partial charge in [0.25, 0.3) is 5.91 Å². The van der Waals surface area contributed by atoms with Crippen LogP contribution in [0.15, 0.2) is 24.3 Å². The first-order valence-electron chi connectivity index (χ1n) is 9.72. The van der Waals surface area contributed by atoms with Crippen LogP contribution in [0.3, 0.4) is 0 Å². The fourth-order valence-electron chi connectivity index (χ4n) is 3.98. The number of rotatable bonds is 5. The molecule has 6 nitrogen and oxygen atoms in total. The topological polar surface area (TPSA) is 75.7 Å². The van der Waals surface area contributed by atoms with Gasteiger partial charge < -0.3 is 10.1 Å². The number of carbonyl (C=O) groups is 3. The maximum atomic E-state index is 12.8. The third-order valence-corrected chi connectivity index (χ3v) is 5.83. The first kappa shape index (κ1) is 19.4. The number of hydrogen-bond acceptors (Lipinski definition) is 4. The van der Waals surface area contributed by atoms with E-state index < -0.39 is 17.5 Å². The minimum atomic E-state index is -0.845. The minimum absolute atomic E-state index is 0.0724. The summed E-state index contributed by atoms with van der Waals surface area (Å²) < 4.78 is 5.28. The summed E-state index contributed by atoms with van der Waals surface area (Å²) in [5.74, 6) is -0.358.